The molecular weight excluding hydrogens is 288 g/mol. The van der Waals surface area contributed by atoms with Crippen LogP contribution in [-0.4, -0.2) is 40.5 Å². The first-order valence-electron chi connectivity index (χ1n) is 7.50. The van der Waals surface area contributed by atoms with Crippen molar-refractivity contribution in [2.45, 2.75) is 30.6 Å². The van der Waals surface area contributed by atoms with Gasteiger partial charge in [-0.05, 0) is 37.9 Å². The van der Waals surface area contributed by atoms with Gasteiger partial charge in [0.15, 0.2) is 0 Å². The molecule has 1 fully saturated rings. The molecule has 3 rings (SSSR count). The first kappa shape index (κ1) is 14.8. The molecule has 2 aliphatic rings. The second-order valence-electron chi connectivity index (χ2n) is 5.62. The number of nitrogens with one attached hydrogen (secondary N) is 1. The van der Waals surface area contributed by atoms with Gasteiger partial charge in [0.1, 0.15) is 0 Å². The van der Waals surface area contributed by atoms with Crippen LogP contribution in [0, 0.1) is 0 Å². The number of fused-ring (bicyclic) bond motifs is 1. The van der Waals surface area contributed by atoms with E-state index in [0.717, 1.165) is 17.7 Å². The molecule has 0 amide bonds. The number of hydrogen-bond acceptors (Lipinski definition) is 4. The first-order chi connectivity index (χ1) is 10.1. The molecule has 0 radical (unpaired) electrons. The summed E-state index contributed by atoms with van der Waals surface area (Å²) in [7, 11) is -1.38. The highest BCUT2D eigenvalue weighted by atomic mass is 32.2. The normalized spacial score (nSPS) is 23.9. The minimum atomic E-state index is -3.30. The summed E-state index contributed by atoms with van der Waals surface area (Å²) in [5, 5.41) is 2.96. The number of nitrogens with zero attached hydrogens (tertiary/aromatic N) is 1. The van der Waals surface area contributed by atoms with Crippen LogP contribution in [0.5, 0.6) is 0 Å². The van der Waals surface area contributed by atoms with E-state index in [1.165, 1.54) is 0 Å². The number of rotatable bonds is 3. The van der Waals surface area contributed by atoms with Crippen molar-refractivity contribution in [3.63, 3.8) is 0 Å². The zero-order valence-corrected chi connectivity index (χ0v) is 13.1. The molecule has 1 aromatic carbocycles. The summed E-state index contributed by atoms with van der Waals surface area (Å²) in [5.41, 5.74) is 1.90. The number of benzene rings is 1. The van der Waals surface area contributed by atoms with Crippen molar-refractivity contribution in [1.82, 2.24) is 5.32 Å². The fourth-order valence-corrected chi connectivity index (χ4v) is 5.20. The summed E-state index contributed by atoms with van der Waals surface area (Å²) >= 11 is 0. The van der Waals surface area contributed by atoms with Crippen LogP contribution < -0.4 is 9.62 Å². The predicted molar refractivity (Wildman–Crippen MR) is 83.0 cm³/mol. The smallest absolute Gasteiger partial charge is 0.238 e. The lowest BCUT2D eigenvalue weighted by atomic mass is 9.98. The Morgan fingerprint density at radius 2 is 1.90 bits per heavy atom. The maximum Gasteiger partial charge on any atom is 0.238 e. The van der Waals surface area contributed by atoms with Crippen molar-refractivity contribution in [3.8, 4) is 0 Å². The third kappa shape index (κ3) is 2.67. The third-order valence-electron chi connectivity index (χ3n) is 4.45. The number of ether oxygens (including phenoxy) is 1. The zero-order valence-electron chi connectivity index (χ0n) is 12.3. The summed E-state index contributed by atoms with van der Waals surface area (Å²) in [4.78, 5) is 0. The number of anilines is 1. The quantitative estimate of drug-likeness (QED) is 0.922. The van der Waals surface area contributed by atoms with Crippen LogP contribution in [0.25, 0.3) is 0 Å². The molecule has 116 valence electrons. The first-order valence-corrected chi connectivity index (χ1v) is 9.00. The van der Waals surface area contributed by atoms with E-state index in [4.69, 9.17) is 4.74 Å². The molecule has 0 aliphatic carbocycles. The molecule has 2 heterocycles. The lowest BCUT2D eigenvalue weighted by molar-refractivity contribution is 0.0983. The van der Waals surface area contributed by atoms with Gasteiger partial charge in [-0.1, -0.05) is 18.2 Å². The number of sulfonamides is 1. The lowest BCUT2D eigenvalue weighted by Crippen LogP contribution is -2.45. The highest BCUT2D eigenvalue weighted by Gasteiger charge is 2.37. The van der Waals surface area contributed by atoms with Crippen molar-refractivity contribution in [2.24, 2.45) is 0 Å². The van der Waals surface area contributed by atoms with Gasteiger partial charge >= 0.3 is 0 Å². The molecule has 0 saturated carbocycles. The highest BCUT2D eigenvalue weighted by molar-refractivity contribution is 7.93. The minimum Gasteiger partial charge on any atom is -0.381 e. The summed E-state index contributed by atoms with van der Waals surface area (Å²) in [6.07, 6.45) is 1.99. The van der Waals surface area contributed by atoms with E-state index in [0.29, 0.717) is 32.6 Å². The van der Waals surface area contributed by atoms with Crippen LogP contribution in [0.2, 0.25) is 0 Å². The van der Waals surface area contributed by atoms with Crippen molar-refractivity contribution >= 4 is 15.7 Å². The number of hydrogen-bond donors (Lipinski definition) is 1. The highest BCUT2D eigenvalue weighted by Crippen LogP contribution is 2.36. The standard InChI is InChI=1S/C15H22N2O3S/c1-16-14-6-9-17(15-5-3-2-4-13(14)15)21(18,19)12-7-10-20-11-8-12/h2-5,12,14,16H,6-11H2,1H3. The molecule has 2 aliphatic heterocycles. The average molecular weight is 310 g/mol. The summed E-state index contributed by atoms with van der Waals surface area (Å²) in [6, 6.07) is 8.02. The van der Waals surface area contributed by atoms with Crippen LogP contribution in [-0.2, 0) is 14.8 Å². The van der Waals surface area contributed by atoms with E-state index in [9.17, 15) is 8.42 Å². The van der Waals surface area contributed by atoms with Crippen LogP contribution in [0.3, 0.4) is 0 Å². The van der Waals surface area contributed by atoms with Gasteiger partial charge in [-0.25, -0.2) is 8.42 Å². The van der Waals surface area contributed by atoms with Crippen LogP contribution in [0.15, 0.2) is 24.3 Å². The molecule has 5 nitrogen and oxygen atoms in total. The molecule has 1 unspecified atom stereocenters. The Kier molecular flexibility index (Phi) is 4.19. The van der Waals surface area contributed by atoms with Crippen molar-refractivity contribution in [1.29, 1.82) is 0 Å². The van der Waals surface area contributed by atoms with E-state index in [-0.39, 0.29) is 11.3 Å². The zero-order chi connectivity index (χ0) is 14.9. The largest absolute Gasteiger partial charge is 0.381 e. The Morgan fingerprint density at radius 1 is 1.19 bits per heavy atom. The van der Waals surface area contributed by atoms with Gasteiger partial charge in [0.05, 0.1) is 10.9 Å². The molecule has 0 bridgehead atoms. The fourth-order valence-electron chi connectivity index (χ4n) is 3.25. The van der Waals surface area contributed by atoms with Gasteiger partial charge in [-0.15, -0.1) is 0 Å². The Bertz CT molecular complexity index is 597. The monoisotopic (exact) mass is 310 g/mol. The molecule has 1 aromatic rings. The summed E-state index contributed by atoms with van der Waals surface area (Å²) in [6.45, 7) is 1.62. The second-order valence-corrected chi connectivity index (χ2v) is 7.75. The van der Waals surface area contributed by atoms with E-state index < -0.39 is 10.0 Å². The molecule has 1 atom stereocenters. The summed E-state index contributed by atoms with van der Waals surface area (Å²) < 4.78 is 32.8. The van der Waals surface area contributed by atoms with Crippen LogP contribution in [0.4, 0.5) is 5.69 Å². The molecule has 21 heavy (non-hydrogen) atoms. The van der Waals surface area contributed by atoms with Gasteiger partial charge in [0.25, 0.3) is 0 Å². The topological polar surface area (TPSA) is 58.6 Å². The van der Waals surface area contributed by atoms with E-state index in [1.54, 1.807) is 4.31 Å². The Hall–Kier alpha value is -1.11. The average Bonchev–Trinajstić information content (AvgIpc) is 2.54. The molecule has 1 saturated heterocycles. The van der Waals surface area contributed by atoms with Crippen molar-refractivity contribution in [3.05, 3.63) is 29.8 Å². The Balaban J connectivity index is 1.95. The molecule has 6 heteroatoms. The van der Waals surface area contributed by atoms with Gasteiger partial charge in [0.2, 0.25) is 10.0 Å². The SMILES string of the molecule is CNC1CCN(S(=O)(=O)C2CCOCC2)c2ccccc21. The fraction of sp³-hybridized carbons (Fsp3) is 0.600. The van der Waals surface area contributed by atoms with Gasteiger partial charge in [-0.3, -0.25) is 4.31 Å². The van der Waals surface area contributed by atoms with E-state index >= 15 is 0 Å². The lowest BCUT2D eigenvalue weighted by Gasteiger charge is -2.37. The van der Waals surface area contributed by atoms with Gasteiger partial charge in [-0.2, -0.15) is 0 Å². The molecule has 0 aromatic heterocycles. The molecule has 1 N–H and O–H groups in total. The second kappa shape index (κ2) is 5.94. The Labute approximate surface area is 126 Å². The number of para-hydroxylation sites is 1. The van der Waals surface area contributed by atoms with Gasteiger partial charge in [0, 0.05) is 25.8 Å². The third-order valence-corrected chi connectivity index (χ3v) is 6.75. The van der Waals surface area contributed by atoms with Gasteiger partial charge < -0.3 is 10.1 Å². The minimum absolute atomic E-state index is 0.224. The van der Waals surface area contributed by atoms with Crippen molar-refractivity contribution < 1.29 is 13.2 Å². The predicted octanol–water partition coefficient (Wildman–Crippen LogP) is 1.67. The van der Waals surface area contributed by atoms with Crippen LogP contribution >= 0.6 is 0 Å². The maximum absolute atomic E-state index is 12.9. The van der Waals surface area contributed by atoms with Crippen molar-refractivity contribution in [2.75, 3.05) is 31.1 Å². The Morgan fingerprint density at radius 3 is 2.62 bits per heavy atom. The molecule has 0 spiro atoms. The summed E-state index contributed by atoms with van der Waals surface area (Å²) in [5.74, 6) is 0. The van der Waals surface area contributed by atoms with E-state index in [1.807, 2.05) is 31.3 Å². The molecular formula is C15H22N2O3S. The van der Waals surface area contributed by atoms with Crippen LogP contribution in [0.1, 0.15) is 30.9 Å². The van der Waals surface area contributed by atoms with E-state index in [2.05, 4.69) is 5.32 Å². The maximum atomic E-state index is 12.9.